The first-order valence-corrected chi connectivity index (χ1v) is 7.58. The number of carbonyl (C=O) groups is 1. The van der Waals surface area contributed by atoms with E-state index in [1.54, 1.807) is 21.3 Å². The fourth-order valence-corrected chi connectivity index (χ4v) is 2.54. The molecule has 1 aromatic rings. The normalized spacial score (nSPS) is 16.7. The number of methoxy groups -OCH3 is 3. The van der Waals surface area contributed by atoms with E-state index in [1.165, 1.54) is 0 Å². The molecule has 0 aromatic heterocycles. The highest BCUT2D eigenvalue weighted by Crippen LogP contribution is 2.39. The summed E-state index contributed by atoms with van der Waals surface area (Å²) in [6, 6.07) is 3.46. The Bertz CT molecular complexity index is 535. The van der Waals surface area contributed by atoms with Gasteiger partial charge in [-0.3, -0.25) is 4.79 Å². The van der Waals surface area contributed by atoms with Gasteiger partial charge in [0.25, 0.3) is 0 Å². The smallest absolute Gasteiger partial charge is 0.239 e. The molecule has 1 aliphatic rings. The van der Waals surface area contributed by atoms with Crippen LogP contribution in [0.1, 0.15) is 5.56 Å². The SMILES string of the molecule is COc1ccc(CCNC(=O)C2COCCN2)c(OC)c1OC.Cl. The lowest BCUT2D eigenvalue weighted by atomic mass is 10.1. The molecule has 0 saturated carbocycles. The zero-order chi connectivity index (χ0) is 16.7. The van der Waals surface area contributed by atoms with E-state index in [-0.39, 0.29) is 24.4 Å². The summed E-state index contributed by atoms with van der Waals surface area (Å²) in [6.07, 6.45) is 0.628. The van der Waals surface area contributed by atoms with Crippen LogP contribution < -0.4 is 24.8 Å². The Balaban J connectivity index is 0.00000288. The van der Waals surface area contributed by atoms with Crippen LogP contribution in [0.2, 0.25) is 0 Å². The van der Waals surface area contributed by atoms with Crippen LogP contribution in [-0.2, 0) is 16.0 Å². The molecular formula is C16H25ClN2O5. The van der Waals surface area contributed by atoms with Crippen LogP contribution in [0, 0.1) is 0 Å². The van der Waals surface area contributed by atoms with Crippen LogP contribution in [0.3, 0.4) is 0 Å². The third-order valence-corrected chi connectivity index (χ3v) is 3.72. The van der Waals surface area contributed by atoms with E-state index in [2.05, 4.69) is 10.6 Å². The molecule has 2 rings (SSSR count). The van der Waals surface area contributed by atoms with E-state index in [1.807, 2.05) is 12.1 Å². The minimum absolute atomic E-state index is 0. The van der Waals surface area contributed by atoms with Gasteiger partial charge in [0.05, 0.1) is 34.5 Å². The minimum Gasteiger partial charge on any atom is -0.493 e. The highest BCUT2D eigenvalue weighted by atomic mass is 35.5. The molecule has 136 valence electrons. The molecule has 0 bridgehead atoms. The molecule has 1 saturated heterocycles. The summed E-state index contributed by atoms with van der Waals surface area (Å²) in [5.74, 6) is 1.74. The quantitative estimate of drug-likeness (QED) is 0.748. The average Bonchev–Trinajstić information content (AvgIpc) is 2.61. The van der Waals surface area contributed by atoms with Crippen LogP contribution >= 0.6 is 12.4 Å². The summed E-state index contributed by atoms with van der Waals surface area (Å²) in [5, 5.41) is 6.03. The fraction of sp³-hybridized carbons (Fsp3) is 0.562. The lowest BCUT2D eigenvalue weighted by molar-refractivity contribution is -0.125. The number of benzene rings is 1. The van der Waals surface area contributed by atoms with Crippen molar-refractivity contribution in [3.05, 3.63) is 17.7 Å². The van der Waals surface area contributed by atoms with Crippen molar-refractivity contribution in [1.29, 1.82) is 0 Å². The average molecular weight is 361 g/mol. The number of rotatable bonds is 7. The van der Waals surface area contributed by atoms with Crippen molar-refractivity contribution in [1.82, 2.24) is 10.6 Å². The summed E-state index contributed by atoms with van der Waals surface area (Å²) in [6.45, 7) is 2.25. The first-order valence-electron chi connectivity index (χ1n) is 7.58. The Kier molecular flexibility index (Phi) is 8.67. The van der Waals surface area contributed by atoms with Crippen LogP contribution in [0.15, 0.2) is 12.1 Å². The molecule has 7 nitrogen and oxygen atoms in total. The number of halogens is 1. The standard InChI is InChI=1S/C16H24N2O5.ClH/c1-20-13-5-4-11(14(21-2)15(13)22-3)6-7-18-16(19)12-10-23-9-8-17-12;/h4-5,12,17H,6-10H2,1-3H3,(H,18,19);1H. The van der Waals surface area contributed by atoms with Crippen LogP contribution in [0.5, 0.6) is 17.2 Å². The summed E-state index contributed by atoms with van der Waals surface area (Å²) in [7, 11) is 4.74. The minimum atomic E-state index is -0.281. The molecule has 8 heteroatoms. The lowest BCUT2D eigenvalue weighted by Gasteiger charge is -2.23. The van der Waals surface area contributed by atoms with Crippen molar-refractivity contribution in [2.24, 2.45) is 0 Å². The molecule has 1 aromatic carbocycles. The maximum absolute atomic E-state index is 12.0. The highest BCUT2D eigenvalue weighted by Gasteiger charge is 2.21. The van der Waals surface area contributed by atoms with Gasteiger partial charge in [-0.15, -0.1) is 12.4 Å². The number of carbonyl (C=O) groups excluding carboxylic acids is 1. The molecule has 1 heterocycles. The summed E-state index contributed by atoms with van der Waals surface area (Å²) in [5.41, 5.74) is 0.943. The number of amides is 1. The van der Waals surface area contributed by atoms with Gasteiger partial charge in [0.1, 0.15) is 6.04 Å². The molecule has 1 amide bonds. The van der Waals surface area contributed by atoms with E-state index in [9.17, 15) is 4.79 Å². The molecule has 1 unspecified atom stereocenters. The third kappa shape index (κ3) is 4.90. The summed E-state index contributed by atoms with van der Waals surface area (Å²) >= 11 is 0. The first-order chi connectivity index (χ1) is 11.2. The van der Waals surface area contributed by atoms with Gasteiger partial charge in [-0.25, -0.2) is 0 Å². The van der Waals surface area contributed by atoms with Gasteiger partial charge in [-0.2, -0.15) is 0 Å². The molecule has 1 fully saturated rings. The van der Waals surface area contributed by atoms with Crippen LogP contribution in [0.25, 0.3) is 0 Å². The zero-order valence-electron chi connectivity index (χ0n) is 14.2. The molecule has 1 aliphatic heterocycles. The van der Waals surface area contributed by atoms with Gasteiger partial charge in [-0.05, 0) is 12.5 Å². The van der Waals surface area contributed by atoms with Gasteiger partial charge >= 0.3 is 0 Å². The number of morpholine rings is 1. The Morgan fingerprint density at radius 3 is 2.58 bits per heavy atom. The molecule has 1 atom stereocenters. The van der Waals surface area contributed by atoms with E-state index in [0.29, 0.717) is 50.0 Å². The van der Waals surface area contributed by atoms with E-state index in [0.717, 1.165) is 5.56 Å². The second kappa shape index (κ2) is 10.2. The van der Waals surface area contributed by atoms with Gasteiger partial charge in [-0.1, -0.05) is 6.07 Å². The van der Waals surface area contributed by atoms with Crippen LogP contribution in [0.4, 0.5) is 0 Å². The topological polar surface area (TPSA) is 78.1 Å². The molecule has 24 heavy (non-hydrogen) atoms. The van der Waals surface area contributed by atoms with E-state index >= 15 is 0 Å². The van der Waals surface area contributed by atoms with Gasteiger partial charge in [0, 0.05) is 18.7 Å². The lowest BCUT2D eigenvalue weighted by Crippen LogP contribution is -2.51. The molecule has 0 spiro atoms. The van der Waals surface area contributed by atoms with Crippen molar-refractivity contribution in [2.45, 2.75) is 12.5 Å². The number of hydrogen-bond acceptors (Lipinski definition) is 6. The van der Waals surface area contributed by atoms with Gasteiger partial charge < -0.3 is 29.6 Å². The van der Waals surface area contributed by atoms with Gasteiger partial charge in [0.2, 0.25) is 11.7 Å². The first kappa shape index (κ1) is 20.3. The highest BCUT2D eigenvalue weighted by molar-refractivity contribution is 5.85. The number of hydrogen-bond donors (Lipinski definition) is 2. The fourth-order valence-electron chi connectivity index (χ4n) is 2.54. The number of ether oxygens (including phenoxy) is 4. The second-order valence-corrected chi connectivity index (χ2v) is 5.12. The van der Waals surface area contributed by atoms with Gasteiger partial charge in [0.15, 0.2) is 11.5 Å². The maximum atomic E-state index is 12.0. The Morgan fingerprint density at radius 1 is 1.25 bits per heavy atom. The summed E-state index contributed by atoms with van der Waals surface area (Å²) in [4.78, 5) is 12.0. The third-order valence-electron chi connectivity index (χ3n) is 3.72. The Labute approximate surface area is 148 Å². The van der Waals surface area contributed by atoms with Crippen molar-refractivity contribution in [2.75, 3.05) is 47.6 Å². The van der Waals surface area contributed by atoms with E-state index < -0.39 is 0 Å². The Hall–Kier alpha value is -1.70. The van der Waals surface area contributed by atoms with E-state index in [4.69, 9.17) is 18.9 Å². The molecule has 0 radical (unpaired) electrons. The molecular weight excluding hydrogens is 336 g/mol. The predicted molar refractivity (Wildman–Crippen MR) is 92.7 cm³/mol. The summed E-state index contributed by atoms with van der Waals surface area (Å²) < 4.78 is 21.3. The van der Waals surface area contributed by atoms with Crippen molar-refractivity contribution in [3.8, 4) is 17.2 Å². The Morgan fingerprint density at radius 2 is 2.00 bits per heavy atom. The van der Waals surface area contributed by atoms with Crippen molar-refractivity contribution in [3.63, 3.8) is 0 Å². The monoisotopic (exact) mass is 360 g/mol. The largest absolute Gasteiger partial charge is 0.493 e. The zero-order valence-corrected chi connectivity index (χ0v) is 15.0. The predicted octanol–water partition coefficient (Wildman–Crippen LogP) is 0.781. The van der Waals surface area contributed by atoms with Crippen molar-refractivity contribution < 1.29 is 23.7 Å². The van der Waals surface area contributed by atoms with Crippen molar-refractivity contribution >= 4 is 18.3 Å². The number of nitrogens with one attached hydrogen (secondary N) is 2. The second-order valence-electron chi connectivity index (χ2n) is 5.12. The molecule has 2 N–H and O–H groups in total. The molecule has 0 aliphatic carbocycles. The maximum Gasteiger partial charge on any atom is 0.239 e. The van der Waals surface area contributed by atoms with Crippen LogP contribution in [-0.4, -0.2) is 59.6 Å².